The predicted molar refractivity (Wildman–Crippen MR) is 82.7 cm³/mol. The molecule has 6 nitrogen and oxygen atoms in total. The predicted octanol–water partition coefficient (Wildman–Crippen LogP) is 3.16. The normalized spacial score (nSPS) is 10.1. The minimum absolute atomic E-state index is 0.00561. The van der Waals surface area contributed by atoms with E-state index < -0.39 is 4.92 Å². The van der Waals surface area contributed by atoms with Crippen molar-refractivity contribution in [2.45, 2.75) is 6.92 Å². The third-order valence-electron chi connectivity index (χ3n) is 2.62. The van der Waals surface area contributed by atoms with Crippen LogP contribution in [0.25, 0.3) is 0 Å². The number of aromatic nitrogens is 1. The first-order chi connectivity index (χ1) is 9.47. The van der Waals surface area contributed by atoms with Crippen molar-refractivity contribution in [2.75, 3.05) is 5.32 Å². The van der Waals surface area contributed by atoms with E-state index in [0.29, 0.717) is 16.9 Å². The molecule has 0 radical (unpaired) electrons. The van der Waals surface area contributed by atoms with Crippen LogP contribution < -0.4 is 5.32 Å². The lowest BCUT2D eigenvalue weighted by molar-refractivity contribution is -0.385. The molecule has 1 amide bonds. The van der Waals surface area contributed by atoms with Crippen LogP contribution in [-0.2, 0) is 0 Å². The molecule has 0 aliphatic heterocycles. The van der Waals surface area contributed by atoms with Crippen molar-refractivity contribution in [3.63, 3.8) is 0 Å². The van der Waals surface area contributed by atoms with E-state index in [2.05, 4.69) is 32.9 Å². The molecule has 20 heavy (non-hydrogen) atoms. The lowest BCUT2D eigenvalue weighted by atomic mass is 10.1. The molecule has 1 heterocycles. The molecule has 7 heteroatoms. The standard InChI is InChI=1S/C13H10IN3O3/c1-8-6-9(2-4-11(8)17(19)20)13(18)16-12-5-3-10(14)7-15-12/h2-7H,1H3,(H,15,16,18). The third kappa shape index (κ3) is 3.29. The highest BCUT2D eigenvalue weighted by Gasteiger charge is 2.14. The number of hydrogen-bond acceptors (Lipinski definition) is 4. The Bertz CT molecular complexity index is 671. The molecule has 1 aromatic carbocycles. The van der Waals surface area contributed by atoms with Gasteiger partial charge in [0, 0.05) is 27.0 Å². The van der Waals surface area contributed by atoms with E-state index in [4.69, 9.17) is 0 Å². The van der Waals surface area contributed by atoms with Gasteiger partial charge in [0.1, 0.15) is 5.82 Å². The quantitative estimate of drug-likeness (QED) is 0.501. The summed E-state index contributed by atoms with van der Waals surface area (Å²) in [5.41, 5.74) is 0.792. The fourth-order valence-corrected chi connectivity index (χ4v) is 1.96. The Labute approximate surface area is 128 Å². The van der Waals surface area contributed by atoms with Crippen molar-refractivity contribution in [1.29, 1.82) is 0 Å². The van der Waals surface area contributed by atoms with Crippen LogP contribution >= 0.6 is 22.6 Å². The van der Waals surface area contributed by atoms with E-state index in [1.165, 1.54) is 18.2 Å². The number of rotatable bonds is 3. The van der Waals surface area contributed by atoms with E-state index in [9.17, 15) is 14.9 Å². The van der Waals surface area contributed by atoms with Crippen molar-refractivity contribution >= 4 is 40.0 Å². The van der Waals surface area contributed by atoms with Gasteiger partial charge in [-0.15, -0.1) is 0 Å². The molecule has 0 unspecified atom stereocenters. The maximum atomic E-state index is 12.0. The van der Waals surface area contributed by atoms with Gasteiger partial charge in [-0.25, -0.2) is 4.98 Å². The highest BCUT2D eigenvalue weighted by Crippen LogP contribution is 2.19. The number of carbonyl (C=O) groups excluding carboxylic acids is 1. The number of pyridine rings is 1. The zero-order chi connectivity index (χ0) is 14.7. The summed E-state index contributed by atoms with van der Waals surface area (Å²) in [4.78, 5) is 26.3. The van der Waals surface area contributed by atoms with Gasteiger partial charge < -0.3 is 5.32 Å². The molecule has 2 aromatic rings. The van der Waals surface area contributed by atoms with Gasteiger partial charge in [0.05, 0.1) is 4.92 Å². The van der Waals surface area contributed by atoms with Crippen LogP contribution in [0.1, 0.15) is 15.9 Å². The molecule has 0 spiro atoms. The van der Waals surface area contributed by atoms with Crippen LogP contribution in [0.2, 0.25) is 0 Å². The van der Waals surface area contributed by atoms with Gasteiger partial charge in [-0.3, -0.25) is 14.9 Å². The Hall–Kier alpha value is -2.03. The first-order valence-electron chi connectivity index (χ1n) is 5.65. The number of carbonyl (C=O) groups is 1. The molecule has 0 bridgehead atoms. The number of nitro groups is 1. The number of amides is 1. The van der Waals surface area contributed by atoms with E-state index >= 15 is 0 Å². The van der Waals surface area contributed by atoms with Crippen LogP contribution in [0.4, 0.5) is 11.5 Å². The second-order valence-electron chi connectivity index (χ2n) is 4.07. The highest BCUT2D eigenvalue weighted by atomic mass is 127. The van der Waals surface area contributed by atoms with Crippen molar-refractivity contribution in [1.82, 2.24) is 4.98 Å². The highest BCUT2D eigenvalue weighted by molar-refractivity contribution is 14.1. The van der Waals surface area contributed by atoms with Gasteiger partial charge in [0.25, 0.3) is 11.6 Å². The fourth-order valence-electron chi connectivity index (χ4n) is 1.64. The number of halogens is 1. The third-order valence-corrected chi connectivity index (χ3v) is 3.26. The molecule has 0 aliphatic carbocycles. The van der Waals surface area contributed by atoms with Crippen LogP contribution in [0.3, 0.4) is 0 Å². The molecule has 0 saturated carbocycles. The van der Waals surface area contributed by atoms with Crippen molar-refractivity contribution in [2.24, 2.45) is 0 Å². The molecular formula is C13H10IN3O3. The van der Waals surface area contributed by atoms with Crippen molar-refractivity contribution < 1.29 is 9.72 Å². The monoisotopic (exact) mass is 383 g/mol. The summed E-state index contributed by atoms with van der Waals surface area (Å²) in [6, 6.07) is 7.75. The second kappa shape index (κ2) is 5.95. The molecule has 0 aliphatic rings. The summed E-state index contributed by atoms with van der Waals surface area (Å²) in [7, 11) is 0. The summed E-state index contributed by atoms with van der Waals surface area (Å²) in [6.45, 7) is 1.60. The van der Waals surface area contributed by atoms with Gasteiger partial charge in [-0.2, -0.15) is 0 Å². The molecular weight excluding hydrogens is 373 g/mol. The molecule has 1 N–H and O–H groups in total. The molecule has 2 rings (SSSR count). The average molecular weight is 383 g/mol. The van der Waals surface area contributed by atoms with Gasteiger partial charge in [-0.1, -0.05) is 0 Å². The number of nitrogens with zero attached hydrogens (tertiary/aromatic N) is 2. The Kier molecular flexibility index (Phi) is 4.28. The minimum Gasteiger partial charge on any atom is -0.307 e. The number of nitro benzene ring substituents is 1. The molecule has 102 valence electrons. The lowest BCUT2D eigenvalue weighted by Crippen LogP contribution is -2.13. The van der Waals surface area contributed by atoms with E-state index in [-0.39, 0.29) is 11.6 Å². The molecule has 0 fully saturated rings. The number of anilines is 1. The summed E-state index contributed by atoms with van der Waals surface area (Å²) in [6.07, 6.45) is 1.64. The Balaban J connectivity index is 2.19. The SMILES string of the molecule is Cc1cc(C(=O)Nc2ccc(I)cn2)ccc1[N+](=O)[O-]. The smallest absolute Gasteiger partial charge is 0.272 e. The minimum atomic E-state index is -0.474. The number of hydrogen-bond donors (Lipinski definition) is 1. The fraction of sp³-hybridized carbons (Fsp3) is 0.0769. The van der Waals surface area contributed by atoms with E-state index in [1.807, 2.05) is 6.07 Å². The zero-order valence-corrected chi connectivity index (χ0v) is 12.6. The van der Waals surface area contributed by atoms with Gasteiger partial charge in [0.15, 0.2) is 0 Å². The summed E-state index contributed by atoms with van der Waals surface area (Å²) in [5.74, 6) is 0.0862. The van der Waals surface area contributed by atoms with Gasteiger partial charge in [-0.05, 0) is 53.8 Å². The van der Waals surface area contributed by atoms with E-state index in [0.717, 1.165) is 3.57 Å². The summed E-state index contributed by atoms with van der Waals surface area (Å²) in [5, 5.41) is 13.4. The van der Waals surface area contributed by atoms with Gasteiger partial charge >= 0.3 is 0 Å². The first kappa shape index (κ1) is 14.4. The number of aryl methyl sites for hydroxylation is 1. The topological polar surface area (TPSA) is 85.1 Å². The Morgan fingerprint density at radius 3 is 2.65 bits per heavy atom. The second-order valence-corrected chi connectivity index (χ2v) is 5.32. The van der Waals surface area contributed by atoms with E-state index in [1.54, 1.807) is 19.2 Å². The van der Waals surface area contributed by atoms with Crippen molar-refractivity contribution in [3.05, 3.63) is 61.3 Å². The van der Waals surface area contributed by atoms with Crippen LogP contribution in [0.15, 0.2) is 36.5 Å². The lowest BCUT2D eigenvalue weighted by Gasteiger charge is -2.05. The summed E-state index contributed by atoms with van der Waals surface area (Å²) < 4.78 is 0.965. The maximum Gasteiger partial charge on any atom is 0.272 e. The zero-order valence-electron chi connectivity index (χ0n) is 10.5. The number of benzene rings is 1. The molecule has 0 saturated heterocycles. The number of nitrogens with one attached hydrogen (secondary N) is 1. The molecule has 0 atom stereocenters. The summed E-state index contributed by atoms with van der Waals surface area (Å²) >= 11 is 2.12. The van der Waals surface area contributed by atoms with Crippen LogP contribution in [0.5, 0.6) is 0 Å². The van der Waals surface area contributed by atoms with Crippen molar-refractivity contribution in [3.8, 4) is 0 Å². The average Bonchev–Trinajstić information content (AvgIpc) is 2.40. The molecule has 1 aromatic heterocycles. The first-order valence-corrected chi connectivity index (χ1v) is 6.73. The van der Waals surface area contributed by atoms with Crippen LogP contribution in [0, 0.1) is 20.6 Å². The largest absolute Gasteiger partial charge is 0.307 e. The Morgan fingerprint density at radius 2 is 2.10 bits per heavy atom. The maximum absolute atomic E-state index is 12.0. The van der Waals surface area contributed by atoms with Crippen LogP contribution in [-0.4, -0.2) is 15.8 Å². The Morgan fingerprint density at radius 1 is 1.35 bits per heavy atom. The van der Waals surface area contributed by atoms with Gasteiger partial charge in [0.2, 0.25) is 0 Å².